The summed E-state index contributed by atoms with van der Waals surface area (Å²) in [5.74, 6) is -0.884. The van der Waals surface area contributed by atoms with E-state index < -0.39 is 28.9 Å². The van der Waals surface area contributed by atoms with Crippen LogP contribution in [-0.4, -0.2) is 15.8 Å². The first kappa shape index (κ1) is 19.2. The molecule has 6 nitrogen and oxygen atoms in total. The molecule has 0 unspecified atom stereocenters. The van der Waals surface area contributed by atoms with Crippen LogP contribution in [0, 0.1) is 5.41 Å². The van der Waals surface area contributed by atoms with Crippen LogP contribution < -0.4 is 16.6 Å². The minimum atomic E-state index is -4.50. The van der Waals surface area contributed by atoms with Crippen LogP contribution in [0.4, 0.5) is 19.0 Å². The van der Waals surface area contributed by atoms with Crippen molar-refractivity contribution < 1.29 is 18.0 Å². The number of halogens is 3. The quantitative estimate of drug-likeness (QED) is 0.679. The number of nitrogens with one attached hydrogen (secondary N) is 3. The lowest BCUT2D eigenvalue weighted by atomic mass is 9.69. The Morgan fingerprint density at radius 2 is 1.66 bits per heavy atom. The average molecular weight is 405 g/mol. The molecule has 29 heavy (non-hydrogen) atoms. The smallest absolute Gasteiger partial charge is 0.344 e. The molecule has 0 bridgehead atoms. The standard InChI is InChI=1S/C20H18F3N3O3/c1-19(2)7-11-14(12(27)8-19)13(9-3-5-10(6-4-9)20(21,22)23)15-16(24-11)25-18(29)26-17(15)28/h3-6,13H,7-8H2,1-2H3,(H3,24,25,26,28,29)/t13-/m0/s1. The molecule has 152 valence electrons. The number of ketones is 1. The van der Waals surface area contributed by atoms with Crippen LogP contribution in [-0.2, 0) is 11.0 Å². The predicted octanol–water partition coefficient (Wildman–Crippen LogP) is 3.28. The van der Waals surface area contributed by atoms with Crippen molar-refractivity contribution in [1.29, 1.82) is 0 Å². The van der Waals surface area contributed by atoms with Crippen molar-refractivity contribution in [2.24, 2.45) is 5.41 Å². The largest absolute Gasteiger partial charge is 0.416 e. The maximum absolute atomic E-state index is 13.0. The maximum Gasteiger partial charge on any atom is 0.416 e. The summed E-state index contributed by atoms with van der Waals surface area (Å²) in [5.41, 5.74) is -1.14. The zero-order chi connectivity index (χ0) is 21.1. The normalized spacial score (nSPS) is 20.7. The molecule has 2 aromatic rings. The fourth-order valence-corrected chi connectivity index (χ4v) is 4.14. The SMILES string of the molecule is CC1(C)CC(=O)C2=C(C1)Nc1[nH]c(=O)[nH]c(=O)c1[C@H]2c1ccc(C(F)(F)F)cc1. The minimum absolute atomic E-state index is 0.108. The van der Waals surface area contributed by atoms with Gasteiger partial charge in [-0.2, -0.15) is 13.2 Å². The summed E-state index contributed by atoms with van der Waals surface area (Å²) in [6, 6.07) is 4.39. The van der Waals surface area contributed by atoms with Gasteiger partial charge in [-0.05, 0) is 29.5 Å². The molecule has 0 radical (unpaired) electrons. The molecule has 0 amide bonds. The van der Waals surface area contributed by atoms with Crippen LogP contribution in [0.25, 0.3) is 0 Å². The van der Waals surface area contributed by atoms with Crippen LogP contribution in [0.1, 0.15) is 49.3 Å². The summed E-state index contributed by atoms with van der Waals surface area (Å²) in [6.45, 7) is 3.86. The highest BCUT2D eigenvalue weighted by molar-refractivity contribution is 6.01. The first-order chi connectivity index (χ1) is 13.5. The fourth-order valence-electron chi connectivity index (χ4n) is 4.14. The molecule has 1 aliphatic carbocycles. The topological polar surface area (TPSA) is 94.8 Å². The number of rotatable bonds is 1. The number of carbonyl (C=O) groups is 1. The lowest BCUT2D eigenvalue weighted by Crippen LogP contribution is -2.38. The molecule has 2 aliphatic rings. The molecule has 0 fully saturated rings. The van der Waals surface area contributed by atoms with Gasteiger partial charge in [0.05, 0.1) is 11.1 Å². The van der Waals surface area contributed by atoms with Gasteiger partial charge in [0.1, 0.15) is 5.82 Å². The summed E-state index contributed by atoms with van der Waals surface area (Å²) in [6.07, 6.45) is -3.75. The van der Waals surface area contributed by atoms with Gasteiger partial charge in [0.25, 0.3) is 5.56 Å². The number of hydrogen-bond donors (Lipinski definition) is 3. The molecule has 1 atom stereocenters. The van der Waals surface area contributed by atoms with E-state index in [4.69, 9.17) is 0 Å². The lowest BCUT2D eigenvalue weighted by Gasteiger charge is -2.38. The van der Waals surface area contributed by atoms with E-state index in [1.807, 2.05) is 13.8 Å². The summed E-state index contributed by atoms with van der Waals surface area (Å²) in [4.78, 5) is 42.0. The zero-order valence-electron chi connectivity index (χ0n) is 15.7. The molecule has 1 aromatic heterocycles. The van der Waals surface area contributed by atoms with E-state index in [-0.39, 0.29) is 29.0 Å². The molecule has 0 spiro atoms. The third kappa shape index (κ3) is 3.30. The number of allylic oxidation sites excluding steroid dienone is 2. The summed E-state index contributed by atoms with van der Waals surface area (Å²) in [5, 5.41) is 3.01. The van der Waals surface area contributed by atoms with Crippen LogP contribution in [0.2, 0.25) is 0 Å². The Balaban J connectivity index is 1.94. The number of anilines is 1. The van der Waals surface area contributed by atoms with Crippen molar-refractivity contribution in [2.45, 2.75) is 38.8 Å². The van der Waals surface area contributed by atoms with E-state index >= 15 is 0 Å². The number of aromatic nitrogens is 2. The number of hydrogen-bond acceptors (Lipinski definition) is 4. The molecular formula is C20H18F3N3O3. The number of alkyl halides is 3. The number of Topliss-reactive ketones (excluding diaryl/α,β-unsaturated/α-hetero) is 1. The highest BCUT2D eigenvalue weighted by Gasteiger charge is 2.42. The Morgan fingerprint density at radius 1 is 1.00 bits per heavy atom. The number of aromatic amines is 2. The first-order valence-electron chi connectivity index (χ1n) is 9.03. The molecule has 9 heteroatoms. The highest BCUT2D eigenvalue weighted by atomic mass is 19.4. The fraction of sp³-hybridized carbons (Fsp3) is 0.350. The van der Waals surface area contributed by atoms with Crippen LogP contribution >= 0.6 is 0 Å². The van der Waals surface area contributed by atoms with Crippen molar-refractivity contribution in [3.8, 4) is 0 Å². The zero-order valence-corrected chi connectivity index (χ0v) is 15.7. The number of carbonyl (C=O) groups excluding carboxylic acids is 1. The summed E-state index contributed by atoms with van der Waals surface area (Å²) in [7, 11) is 0. The Morgan fingerprint density at radius 3 is 2.28 bits per heavy atom. The van der Waals surface area contributed by atoms with Crippen LogP contribution in [0.5, 0.6) is 0 Å². The van der Waals surface area contributed by atoms with Crippen molar-refractivity contribution in [3.63, 3.8) is 0 Å². The second kappa shape index (κ2) is 6.20. The Kier molecular flexibility index (Phi) is 4.11. The molecule has 0 saturated heterocycles. The van der Waals surface area contributed by atoms with Crippen molar-refractivity contribution in [1.82, 2.24) is 9.97 Å². The van der Waals surface area contributed by atoms with Gasteiger partial charge >= 0.3 is 11.9 Å². The van der Waals surface area contributed by atoms with Gasteiger partial charge in [0.2, 0.25) is 0 Å². The van der Waals surface area contributed by atoms with Gasteiger partial charge in [-0.25, -0.2) is 4.79 Å². The number of fused-ring (bicyclic) bond motifs is 1. The highest BCUT2D eigenvalue weighted by Crippen LogP contribution is 2.47. The Bertz CT molecular complexity index is 1150. The van der Waals surface area contributed by atoms with Gasteiger partial charge in [-0.3, -0.25) is 19.6 Å². The Hall–Kier alpha value is -3.10. The molecule has 4 rings (SSSR count). The maximum atomic E-state index is 13.0. The Labute approximate surface area is 162 Å². The minimum Gasteiger partial charge on any atom is -0.344 e. The molecule has 3 N–H and O–H groups in total. The lowest BCUT2D eigenvalue weighted by molar-refractivity contribution is -0.137. The molecule has 0 saturated carbocycles. The molecule has 1 aromatic carbocycles. The molecule has 2 heterocycles. The summed E-state index contributed by atoms with van der Waals surface area (Å²) >= 11 is 0. The van der Waals surface area contributed by atoms with Gasteiger partial charge in [-0.1, -0.05) is 26.0 Å². The van der Waals surface area contributed by atoms with Gasteiger partial charge in [0, 0.05) is 23.6 Å². The second-order valence-electron chi connectivity index (χ2n) is 8.21. The van der Waals surface area contributed by atoms with E-state index in [9.17, 15) is 27.6 Å². The van der Waals surface area contributed by atoms with Crippen LogP contribution in [0.15, 0.2) is 45.1 Å². The monoisotopic (exact) mass is 405 g/mol. The van der Waals surface area contributed by atoms with E-state index in [2.05, 4.69) is 15.3 Å². The van der Waals surface area contributed by atoms with Gasteiger partial charge < -0.3 is 5.32 Å². The third-order valence-corrected chi connectivity index (χ3v) is 5.32. The summed E-state index contributed by atoms with van der Waals surface area (Å²) < 4.78 is 38.9. The van der Waals surface area contributed by atoms with E-state index in [0.717, 1.165) is 12.1 Å². The number of H-pyrrole nitrogens is 2. The average Bonchev–Trinajstić information content (AvgIpc) is 2.58. The van der Waals surface area contributed by atoms with Gasteiger partial charge in [-0.15, -0.1) is 0 Å². The van der Waals surface area contributed by atoms with E-state index in [0.29, 0.717) is 23.3 Å². The first-order valence-corrected chi connectivity index (χ1v) is 9.03. The number of benzene rings is 1. The third-order valence-electron chi connectivity index (χ3n) is 5.32. The van der Waals surface area contributed by atoms with Crippen molar-refractivity contribution >= 4 is 11.6 Å². The van der Waals surface area contributed by atoms with Crippen molar-refractivity contribution in [2.75, 3.05) is 5.32 Å². The molecular weight excluding hydrogens is 387 g/mol. The van der Waals surface area contributed by atoms with E-state index in [1.54, 1.807) is 0 Å². The second-order valence-corrected chi connectivity index (χ2v) is 8.21. The van der Waals surface area contributed by atoms with E-state index in [1.165, 1.54) is 12.1 Å². The molecule has 1 aliphatic heterocycles. The van der Waals surface area contributed by atoms with Crippen molar-refractivity contribution in [3.05, 3.63) is 73.1 Å². The van der Waals surface area contributed by atoms with Gasteiger partial charge in [0.15, 0.2) is 5.78 Å². The predicted molar refractivity (Wildman–Crippen MR) is 99.6 cm³/mol. The van der Waals surface area contributed by atoms with Crippen LogP contribution in [0.3, 0.4) is 0 Å².